The number of aryl methyl sites for hydroxylation is 1. The fourth-order valence-corrected chi connectivity index (χ4v) is 5.33. The Bertz CT molecular complexity index is 1400. The van der Waals surface area contributed by atoms with Crippen LogP contribution in [0.4, 0.5) is 4.79 Å². The summed E-state index contributed by atoms with van der Waals surface area (Å²) in [6.45, 7) is 4.30. The standard InChI is InChI=1S/C25H23N5O3S/c1-3-25(18-12-8-5-9-13-18)23(32)30(24(33)26-25)28-21(31)20-14-19-16(2)27-29(22(19)34-20)15-17-10-6-4-7-11-17/h4-14H,3,15H2,1-2H3,(H,26,33)(H,28,31). The molecular weight excluding hydrogens is 450 g/mol. The molecule has 0 spiro atoms. The van der Waals surface area contributed by atoms with Crippen molar-refractivity contribution >= 4 is 39.4 Å². The van der Waals surface area contributed by atoms with Crippen LogP contribution in [0.2, 0.25) is 0 Å². The first-order valence-electron chi connectivity index (χ1n) is 11.0. The van der Waals surface area contributed by atoms with Gasteiger partial charge in [0.2, 0.25) is 0 Å². The minimum absolute atomic E-state index is 0.353. The van der Waals surface area contributed by atoms with E-state index in [0.717, 1.165) is 26.5 Å². The molecule has 9 heteroatoms. The molecule has 34 heavy (non-hydrogen) atoms. The zero-order valence-corrected chi connectivity index (χ0v) is 19.6. The Hall–Kier alpha value is -3.98. The third kappa shape index (κ3) is 3.54. The Labute approximate surface area is 200 Å². The summed E-state index contributed by atoms with van der Waals surface area (Å²) in [5.41, 5.74) is 3.88. The van der Waals surface area contributed by atoms with Gasteiger partial charge in [-0.2, -0.15) is 10.1 Å². The van der Waals surface area contributed by atoms with E-state index in [1.54, 1.807) is 18.2 Å². The second-order valence-electron chi connectivity index (χ2n) is 8.19. The quantitative estimate of drug-likeness (QED) is 0.415. The van der Waals surface area contributed by atoms with Gasteiger partial charge in [0.05, 0.1) is 17.1 Å². The monoisotopic (exact) mass is 473 g/mol. The lowest BCUT2D eigenvalue weighted by Gasteiger charge is -2.25. The van der Waals surface area contributed by atoms with Gasteiger partial charge in [-0.15, -0.1) is 11.3 Å². The molecule has 0 bridgehead atoms. The van der Waals surface area contributed by atoms with E-state index in [0.29, 0.717) is 23.4 Å². The number of carbonyl (C=O) groups excluding carboxylic acids is 3. The van der Waals surface area contributed by atoms with Gasteiger partial charge in [-0.05, 0) is 30.5 Å². The smallest absolute Gasteiger partial charge is 0.318 e. The molecule has 1 saturated heterocycles. The Morgan fingerprint density at radius 1 is 1.09 bits per heavy atom. The minimum atomic E-state index is -1.21. The number of benzene rings is 2. The van der Waals surface area contributed by atoms with Crippen LogP contribution in [0.5, 0.6) is 0 Å². The van der Waals surface area contributed by atoms with E-state index in [9.17, 15) is 14.4 Å². The van der Waals surface area contributed by atoms with Crippen LogP contribution in [0.3, 0.4) is 0 Å². The molecule has 8 nitrogen and oxygen atoms in total. The van der Waals surface area contributed by atoms with E-state index >= 15 is 0 Å². The maximum Gasteiger partial charge on any atom is 0.344 e. The number of imide groups is 1. The molecule has 0 aliphatic carbocycles. The van der Waals surface area contributed by atoms with Gasteiger partial charge in [-0.1, -0.05) is 67.6 Å². The highest BCUT2D eigenvalue weighted by atomic mass is 32.1. The Kier molecular flexibility index (Phi) is 5.41. The topological polar surface area (TPSA) is 96.3 Å². The number of nitrogens with zero attached hydrogens (tertiary/aromatic N) is 3. The molecule has 1 fully saturated rings. The molecule has 0 radical (unpaired) electrons. The van der Waals surface area contributed by atoms with Crippen molar-refractivity contribution in [1.29, 1.82) is 0 Å². The molecule has 1 unspecified atom stereocenters. The molecule has 172 valence electrons. The number of urea groups is 1. The number of hydrogen-bond acceptors (Lipinski definition) is 5. The van der Waals surface area contributed by atoms with Gasteiger partial charge in [-0.25, -0.2) is 4.79 Å². The van der Waals surface area contributed by atoms with Crippen LogP contribution < -0.4 is 10.7 Å². The molecule has 2 aromatic heterocycles. The van der Waals surface area contributed by atoms with Gasteiger partial charge in [0, 0.05) is 5.39 Å². The summed E-state index contributed by atoms with van der Waals surface area (Å²) in [6.07, 6.45) is 0.353. The highest BCUT2D eigenvalue weighted by molar-refractivity contribution is 7.20. The van der Waals surface area contributed by atoms with E-state index in [1.165, 1.54) is 11.3 Å². The molecule has 1 aliphatic heterocycles. The summed E-state index contributed by atoms with van der Waals surface area (Å²) in [5.74, 6) is -1.03. The highest BCUT2D eigenvalue weighted by Gasteiger charge is 2.52. The number of amides is 4. The van der Waals surface area contributed by atoms with Crippen molar-refractivity contribution in [2.45, 2.75) is 32.4 Å². The fraction of sp³-hybridized carbons (Fsp3) is 0.200. The second kappa shape index (κ2) is 8.42. The number of rotatable bonds is 6. The van der Waals surface area contributed by atoms with Crippen LogP contribution in [0.1, 0.15) is 39.8 Å². The molecule has 2 aromatic carbocycles. The van der Waals surface area contributed by atoms with E-state index < -0.39 is 23.4 Å². The number of nitrogens with one attached hydrogen (secondary N) is 2. The van der Waals surface area contributed by atoms with Gasteiger partial charge in [0.15, 0.2) is 0 Å². The Morgan fingerprint density at radius 3 is 2.44 bits per heavy atom. The lowest BCUT2D eigenvalue weighted by atomic mass is 9.87. The van der Waals surface area contributed by atoms with Gasteiger partial charge >= 0.3 is 6.03 Å². The van der Waals surface area contributed by atoms with E-state index in [-0.39, 0.29) is 0 Å². The summed E-state index contributed by atoms with van der Waals surface area (Å²) < 4.78 is 1.87. The summed E-state index contributed by atoms with van der Waals surface area (Å²) in [4.78, 5) is 40.3. The summed E-state index contributed by atoms with van der Waals surface area (Å²) in [6, 6.07) is 20.1. The average molecular weight is 474 g/mol. The van der Waals surface area contributed by atoms with Crippen molar-refractivity contribution in [3.63, 3.8) is 0 Å². The molecule has 1 aliphatic rings. The SMILES string of the molecule is CCC1(c2ccccc2)NC(=O)N(NC(=O)c2cc3c(C)nn(Cc4ccccc4)c3s2)C1=O. The van der Waals surface area contributed by atoms with Gasteiger partial charge in [-0.3, -0.25) is 19.7 Å². The summed E-state index contributed by atoms with van der Waals surface area (Å²) in [5, 5.41) is 9.03. The molecule has 5 rings (SSSR count). The van der Waals surface area contributed by atoms with Crippen molar-refractivity contribution in [1.82, 2.24) is 25.5 Å². The van der Waals surface area contributed by atoms with Crippen molar-refractivity contribution in [2.75, 3.05) is 0 Å². The molecule has 0 saturated carbocycles. The molecular formula is C25H23N5O3S. The van der Waals surface area contributed by atoms with E-state index in [2.05, 4.69) is 15.8 Å². The van der Waals surface area contributed by atoms with Crippen LogP contribution in [-0.2, 0) is 16.9 Å². The summed E-state index contributed by atoms with van der Waals surface area (Å²) in [7, 11) is 0. The summed E-state index contributed by atoms with van der Waals surface area (Å²) >= 11 is 1.28. The van der Waals surface area contributed by atoms with Gasteiger partial charge in [0.1, 0.15) is 10.4 Å². The third-order valence-corrected chi connectivity index (χ3v) is 7.26. The Balaban J connectivity index is 1.40. The van der Waals surface area contributed by atoms with Crippen molar-refractivity contribution in [3.05, 3.63) is 88.4 Å². The van der Waals surface area contributed by atoms with Gasteiger partial charge < -0.3 is 5.32 Å². The lowest BCUT2D eigenvalue weighted by molar-refractivity contribution is -0.133. The van der Waals surface area contributed by atoms with E-state index in [1.807, 2.05) is 67.1 Å². The van der Waals surface area contributed by atoms with Crippen LogP contribution in [-0.4, -0.2) is 32.6 Å². The van der Waals surface area contributed by atoms with Crippen LogP contribution in [0, 0.1) is 6.92 Å². The van der Waals surface area contributed by atoms with Crippen molar-refractivity contribution in [3.8, 4) is 0 Å². The lowest BCUT2D eigenvalue weighted by Crippen LogP contribution is -2.48. The molecule has 4 aromatic rings. The normalized spacial score (nSPS) is 17.9. The minimum Gasteiger partial charge on any atom is -0.318 e. The number of hydrazine groups is 1. The second-order valence-corrected chi connectivity index (χ2v) is 9.23. The number of hydrogen-bond donors (Lipinski definition) is 2. The number of aromatic nitrogens is 2. The van der Waals surface area contributed by atoms with Crippen LogP contribution in [0.15, 0.2) is 66.7 Å². The maximum absolute atomic E-state index is 13.3. The number of thiophene rings is 1. The first-order valence-corrected chi connectivity index (χ1v) is 11.8. The zero-order valence-electron chi connectivity index (χ0n) is 18.7. The molecule has 4 amide bonds. The first kappa shape index (κ1) is 21.8. The highest BCUT2D eigenvalue weighted by Crippen LogP contribution is 2.32. The molecule has 2 N–H and O–H groups in total. The predicted octanol–water partition coefficient (Wildman–Crippen LogP) is 3.96. The maximum atomic E-state index is 13.3. The molecule has 3 heterocycles. The van der Waals surface area contributed by atoms with Crippen molar-refractivity contribution < 1.29 is 14.4 Å². The van der Waals surface area contributed by atoms with Crippen LogP contribution in [0.25, 0.3) is 10.2 Å². The zero-order chi connectivity index (χ0) is 23.9. The number of carbonyl (C=O) groups is 3. The van der Waals surface area contributed by atoms with E-state index in [4.69, 9.17) is 0 Å². The number of fused-ring (bicyclic) bond motifs is 1. The molecule has 1 atom stereocenters. The largest absolute Gasteiger partial charge is 0.344 e. The Morgan fingerprint density at radius 2 is 1.76 bits per heavy atom. The van der Waals surface area contributed by atoms with Crippen molar-refractivity contribution in [2.24, 2.45) is 0 Å². The predicted molar refractivity (Wildman–Crippen MR) is 129 cm³/mol. The fourth-order valence-electron chi connectivity index (χ4n) is 4.28. The van der Waals surface area contributed by atoms with Crippen LogP contribution >= 0.6 is 11.3 Å². The third-order valence-electron chi connectivity index (χ3n) is 6.11. The average Bonchev–Trinajstić information content (AvgIpc) is 3.49. The first-order chi connectivity index (χ1) is 16.4. The van der Waals surface area contributed by atoms with Gasteiger partial charge in [0.25, 0.3) is 11.8 Å².